The highest BCUT2D eigenvalue weighted by Crippen LogP contribution is 2.14. The van der Waals surface area contributed by atoms with Gasteiger partial charge in [-0.2, -0.15) is 0 Å². The summed E-state index contributed by atoms with van der Waals surface area (Å²) in [6, 6.07) is 1.87. The Labute approximate surface area is 96.5 Å². The number of nitrogen functional groups attached to an aromatic ring is 1. The van der Waals surface area contributed by atoms with Crippen molar-refractivity contribution in [1.82, 2.24) is 9.88 Å². The Balaban J connectivity index is 2.96. The molecule has 0 aliphatic heterocycles. The van der Waals surface area contributed by atoms with Gasteiger partial charge in [0.15, 0.2) is 0 Å². The summed E-state index contributed by atoms with van der Waals surface area (Å²) in [5.74, 6) is -0.0394. The maximum Gasteiger partial charge on any atom is 0.257 e. The lowest BCUT2D eigenvalue weighted by Crippen LogP contribution is -2.38. The molecule has 0 aliphatic rings. The first kappa shape index (κ1) is 12.5. The average Bonchev–Trinajstić information content (AvgIpc) is 2.30. The third-order valence-corrected chi connectivity index (χ3v) is 2.81. The standard InChI is InChI=1S/C12H19N3O/c1-4-9(3)15(5-2)12(16)10-8-14-7-6-11(10)13/h6-9H,4-5H2,1-3H3,(H2,13,14). The van der Waals surface area contributed by atoms with Gasteiger partial charge in [-0.1, -0.05) is 6.92 Å². The van der Waals surface area contributed by atoms with E-state index in [1.54, 1.807) is 12.3 Å². The van der Waals surface area contributed by atoms with E-state index in [0.717, 1.165) is 6.42 Å². The van der Waals surface area contributed by atoms with Crippen molar-refractivity contribution in [2.24, 2.45) is 0 Å². The van der Waals surface area contributed by atoms with Gasteiger partial charge in [0.2, 0.25) is 0 Å². The minimum absolute atomic E-state index is 0.0394. The highest BCUT2D eigenvalue weighted by molar-refractivity contribution is 5.98. The van der Waals surface area contributed by atoms with Crippen LogP contribution in [0, 0.1) is 0 Å². The Morgan fingerprint density at radius 2 is 2.25 bits per heavy atom. The van der Waals surface area contributed by atoms with Crippen LogP contribution in [0.4, 0.5) is 5.69 Å². The molecule has 0 aromatic carbocycles. The molecule has 1 heterocycles. The molecule has 0 spiro atoms. The van der Waals surface area contributed by atoms with Crippen molar-refractivity contribution in [2.45, 2.75) is 33.2 Å². The van der Waals surface area contributed by atoms with Crippen LogP contribution in [0.2, 0.25) is 0 Å². The van der Waals surface area contributed by atoms with Crippen molar-refractivity contribution < 1.29 is 4.79 Å². The Morgan fingerprint density at radius 3 is 2.75 bits per heavy atom. The predicted molar refractivity (Wildman–Crippen MR) is 65.1 cm³/mol. The lowest BCUT2D eigenvalue weighted by atomic mass is 10.1. The average molecular weight is 221 g/mol. The van der Waals surface area contributed by atoms with Gasteiger partial charge >= 0.3 is 0 Å². The number of anilines is 1. The van der Waals surface area contributed by atoms with E-state index < -0.39 is 0 Å². The Morgan fingerprint density at radius 1 is 1.56 bits per heavy atom. The lowest BCUT2D eigenvalue weighted by molar-refractivity contribution is 0.0700. The lowest BCUT2D eigenvalue weighted by Gasteiger charge is -2.27. The zero-order chi connectivity index (χ0) is 12.1. The van der Waals surface area contributed by atoms with Crippen LogP contribution in [0.5, 0.6) is 0 Å². The van der Waals surface area contributed by atoms with E-state index >= 15 is 0 Å². The zero-order valence-corrected chi connectivity index (χ0v) is 10.1. The number of hydrogen-bond acceptors (Lipinski definition) is 3. The summed E-state index contributed by atoms with van der Waals surface area (Å²) in [7, 11) is 0. The molecule has 1 rings (SSSR count). The number of nitrogens with two attached hydrogens (primary N) is 1. The van der Waals surface area contributed by atoms with Gasteiger partial charge in [-0.15, -0.1) is 0 Å². The van der Waals surface area contributed by atoms with Crippen molar-refractivity contribution in [1.29, 1.82) is 0 Å². The molecule has 88 valence electrons. The molecule has 4 heteroatoms. The smallest absolute Gasteiger partial charge is 0.257 e. The Bertz CT molecular complexity index is 365. The predicted octanol–water partition coefficient (Wildman–Crippen LogP) is 1.92. The molecule has 4 nitrogen and oxygen atoms in total. The van der Waals surface area contributed by atoms with Crippen LogP contribution >= 0.6 is 0 Å². The van der Waals surface area contributed by atoms with Crippen molar-refractivity contribution in [2.75, 3.05) is 12.3 Å². The van der Waals surface area contributed by atoms with E-state index in [-0.39, 0.29) is 11.9 Å². The highest BCUT2D eigenvalue weighted by atomic mass is 16.2. The number of pyridine rings is 1. The number of carbonyl (C=O) groups is 1. The summed E-state index contributed by atoms with van der Waals surface area (Å²) in [4.78, 5) is 18.0. The molecular formula is C12H19N3O. The maximum absolute atomic E-state index is 12.2. The summed E-state index contributed by atoms with van der Waals surface area (Å²) in [6.45, 7) is 6.75. The van der Waals surface area contributed by atoms with Crippen LogP contribution in [0.15, 0.2) is 18.5 Å². The van der Waals surface area contributed by atoms with Crippen molar-refractivity contribution in [3.8, 4) is 0 Å². The van der Waals surface area contributed by atoms with Gasteiger partial charge in [0, 0.05) is 30.7 Å². The third kappa shape index (κ3) is 2.51. The fourth-order valence-corrected chi connectivity index (χ4v) is 1.61. The summed E-state index contributed by atoms with van der Waals surface area (Å²) in [6.07, 6.45) is 4.05. The van der Waals surface area contributed by atoms with E-state index in [1.807, 2.05) is 18.7 Å². The summed E-state index contributed by atoms with van der Waals surface area (Å²) in [5.41, 5.74) is 6.75. The van der Waals surface area contributed by atoms with Gasteiger partial charge in [0.1, 0.15) is 0 Å². The molecule has 0 saturated carbocycles. The first-order valence-electron chi connectivity index (χ1n) is 5.62. The molecule has 0 bridgehead atoms. The van der Waals surface area contributed by atoms with Gasteiger partial charge in [-0.05, 0) is 26.3 Å². The molecule has 1 unspecified atom stereocenters. The van der Waals surface area contributed by atoms with Gasteiger partial charge in [0.25, 0.3) is 5.91 Å². The van der Waals surface area contributed by atoms with Crippen LogP contribution in [0.1, 0.15) is 37.6 Å². The number of aromatic nitrogens is 1. The van der Waals surface area contributed by atoms with Crippen LogP contribution in [-0.2, 0) is 0 Å². The Kier molecular flexibility index (Phi) is 4.28. The second-order valence-electron chi connectivity index (χ2n) is 3.81. The quantitative estimate of drug-likeness (QED) is 0.845. The number of carbonyl (C=O) groups excluding carboxylic acids is 1. The van der Waals surface area contributed by atoms with Crippen molar-refractivity contribution >= 4 is 11.6 Å². The minimum atomic E-state index is -0.0394. The van der Waals surface area contributed by atoms with E-state index in [0.29, 0.717) is 17.8 Å². The van der Waals surface area contributed by atoms with Crippen LogP contribution in [-0.4, -0.2) is 28.4 Å². The monoisotopic (exact) mass is 221 g/mol. The number of rotatable bonds is 4. The summed E-state index contributed by atoms with van der Waals surface area (Å²) >= 11 is 0. The molecule has 1 amide bonds. The normalized spacial score (nSPS) is 12.2. The minimum Gasteiger partial charge on any atom is -0.398 e. The maximum atomic E-state index is 12.2. The largest absolute Gasteiger partial charge is 0.398 e. The fraction of sp³-hybridized carbons (Fsp3) is 0.500. The number of hydrogen-bond donors (Lipinski definition) is 1. The number of amides is 1. The highest BCUT2D eigenvalue weighted by Gasteiger charge is 2.20. The van der Waals surface area contributed by atoms with Gasteiger partial charge < -0.3 is 10.6 Å². The molecule has 1 aromatic heterocycles. The van der Waals surface area contributed by atoms with Crippen LogP contribution in [0.25, 0.3) is 0 Å². The Hall–Kier alpha value is -1.58. The fourth-order valence-electron chi connectivity index (χ4n) is 1.61. The molecule has 2 N–H and O–H groups in total. The van der Waals surface area contributed by atoms with E-state index in [9.17, 15) is 4.79 Å². The van der Waals surface area contributed by atoms with Gasteiger partial charge in [-0.3, -0.25) is 9.78 Å². The second-order valence-corrected chi connectivity index (χ2v) is 3.81. The van der Waals surface area contributed by atoms with Gasteiger partial charge in [-0.25, -0.2) is 0 Å². The van der Waals surface area contributed by atoms with E-state index in [1.165, 1.54) is 6.20 Å². The van der Waals surface area contributed by atoms with E-state index in [4.69, 9.17) is 5.73 Å². The van der Waals surface area contributed by atoms with Crippen molar-refractivity contribution in [3.05, 3.63) is 24.0 Å². The number of nitrogens with zero attached hydrogens (tertiary/aromatic N) is 2. The molecule has 1 aromatic rings. The first-order chi connectivity index (χ1) is 7.61. The van der Waals surface area contributed by atoms with Gasteiger partial charge in [0.05, 0.1) is 5.56 Å². The molecule has 1 atom stereocenters. The SMILES string of the molecule is CCC(C)N(CC)C(=O)c1cnccc1N. The topological polar surface area (TPSA) is 59.2 Å². The third-order valence-electron chi connectivity index (χ3n) is 2.81. The first-order valence-corrected chi connectivity index (χ1v) is 5.62. The molecule has 0 aliphatic carbocycles. The zero-order valence-electron chi connectivity index (χ0n) is 10.1. The summed E-state index contributed by atoms with van der Waals surface area (Å²) in [5, 5.41) is 0. The molecule has 0 radical (unpaired) electrons. The summed E-state index contributed by atoms with van der Waals surface area (Å²) < 4.78 is 0. The molecule has 0 saturated heterocycles. The van der Waals surface area contributed by atoms with Crippen molar-refractivity contribution in [3.63, 3.8) is 0 Å². The molecule has 0 fully saturated rings. The molecule has 16 heavy (non-hydrogen) atoms. The second kappa shape index (κ2) is 5.49. The van der Waals surface area contributed by atoms with Crippen LogP contribution < -0.4 is 5.73 Å². The van der Waals surface area contributed by atoms with Crippen LogP contribution in [0.3, 0.4) is 0 Å². The van der Waals surface area contributed by atoms with E-state index in [2.05, 4.69) is 11.9 Å². The molecular weight excluding hydrogens is 202 g/mol.